The minimum absolute atomic E-state index is 0.683. The molecule has 0 amide bonds. The highest BCUT2D eigenvalue weighted by atomic mass is 16.6. The molecule has 0 aliphatic rings. The first-order valence-electron chi connectivity index (χ1n) is 6.67. The van der Waals surface area contributed by atoms with Crippen molar-refractivity contribution in [3.05, 3.63) is 29.8 Å². The van der Waals surface area contributed by atoms with Crippen LogP contribution < -0.4 is 11.2 Å². The number of nitrogens with two attached hydrogens (primary N) is 1. The molecular formula is C14H25N3O. The fourth-order valence-corrected chi connectivity index (χ4v) is 1.74. The molecular weight excluding hydrogens is 226 g/mol. The topological polar surface area (TPSA) is 50.5 Å². The fourth-order valence-electron chi connectivity index (χ4n) is 1.74. The standard InChI is InChI=1S/C14H25N3O/c1-3-17(4-2)11-10-16-18-12-9-13-5-7-14(15)8-6-13/h5-8,16H,3-4,9-12,15H2,1-2H3. The Labute approximate surface area is 110 Å². The van der Waals surface area contributed by atoms with Crippen LogP contribution in [0.2, 0.25) is 0 Å². The van der Waals surface area contributed by atoms with Crippen molar-refractivity contribution in [2.45, 2.75) is 20.3 Å². The minimum Gasteiger partial charge on any atom is -0.399 e. The maximum atomic E-state index is 5.63. The third-order valence-electron chi connectivity index (χ3n) is 3.00. The van der Waals surface area contributed by atoms with Gasteiger partial charge < -0.3 is 15.5 Å². The number of nitrogens with zero attached hydrogens (tertiary/aromatic N) is 1. The summed E-state index contributed by atoms with van der Waals surface area (Å²) >= 11 is 0. The second kappa shape index (κ2) is 8.91. The van der Waals surface area contributed by atoms with Gasteiger partial charge in [-0.1, -0.05) is 26.0 Å². The van der Waals surface area contributed by atoms with Crippen molar-refractivity contribution in [1.29, 1.82) is 0 Å². The van der Waals surface area contributed by atoms with E-state index in [4.69, 9.17) is 10.6 Å². The highest BCUT2D eigenvalue weighted by Crippen LogP contribution is 2.05. The van der Waals surface area contributed by atoms with Gasteiger partial charge in [-0.15, -0.1) is 0 Å². The summed E-state index contributed by atoms with van der Waals surface area (Å²) in [5.41, 5.74) is 10.7. The first kappa shape index (κ1) is 15.0. The molecule has 1 rings (SSSR count). The Morgan fingerprint density at radius 3 is 2.44 bits per heavy atom. The van der Waals surface area contributed by atoms with Gasteiger partial charge >= 0.3 is 0 Å². The van der Waals surface area contributed by atoms with E-state index in [-0.39, 0.29) is 0 Å². The molecule has 1 aromatic rings. The number of hydrogen-bond donors (Lipinski definition) is 2. The Morgan fingerprint density at radius 2 is 1.83 bits per heavy atom. The molecule has 18 heavy (non-hydrogen) atoms. The third kappa shape index (κ3) is 6.00. The summed E-state index contributed by atoms with van der Waals surface area (Å²) in [6, 6.07) is 7.91. The summed E-state index contributed by atoms with van der Waals surface area (Å²) < 4.78 is 0. The van der Waals surface area contributed by atoms with Crippen molar-refractivity contribution in [3.63, 3.8) is 0 Å². The van der Waals surface area contributed by atoms with Gasteiger partial charge in [-0.2, -0.15) is 0 Å². The van der Waals surface area contributed by atoms with Crippen molar-refractivity contribution in [3.8, 4) is 0 Å². The van der Waals surface area contributed by atoms with Gasteiger partial charge in [0.2, 0.25) is 0 Å². The summed E-state index contributed by atoms with van der Waals surface area (Å²) in [5, 5.41) is 0. The minimum atomic E-state index is 0.683. The Morgan fingerprint density at radius 1 is 1.17 bits per heavy atom. The van der Waals surface area contributed by atoms with Crippen LogP contribution in [-0.2, 0) is 11.3 Å². The highest BCUT2D eigenvalue weighted by molar-refractivity contribution is 5.39. The molecule has 0 aromatic heterocycles. The molecule has 0 saturated heterocycles. The van der Waals surface area contributed by atoms with Gasteiger partial charge in [0.15, 0.2) is 0 Å². The molecule has 0 atom stereocenters. The molecule has 0 radical (unpaired) electrons. The van der Waals surface area contributed by atoms with Crippen molar-refractivity contribution < 1.29 is 4.84 Å². The molecule has 4 nitrogen and oxygen atoms in total. The van der Waals surface area contributed by atoms with Crippen molar-refractivity contribution in [2.24, 2.45) is 0 Å². The van der Waals surface area contributed by atoms with E-state index < -0.39 is 0 Å². The number of likely N-dealkylation sites (N-methyl/N-ethyl adjacent to an activating group) is 1. The smallest absolute Gasteiger partial charge is 0.0722 e. The first-order valence-corrected chi connectivity index (χ1v) is 6.67. The average molecular weight is 251 g/mol. The predicted octanol–water partition coefficient (Wildman–Crippen LogP) is 1.67. The quantitative estimate of drug-likeness (QED) is 0.398. The second-order valence-corrected chi connectivity index (χ2v) is 4.26. The van der Waals surface area contributed by atoms with Crippen LogP contribution in [0.5, 0.6) is 0 Å². The van der Waals surface area contributed by atoms with Gasteiger partial charge in [-0.25, -0.2) is 5.48 Å². The van der Waals surface area contributed by atoms with Gasteiger partial charge in [-0.3, -0.25) is 0 Å². The van der Waals surface area contributed by atoms with Gasteiger partial charge in [0.25, 0.3) is 0 Å². The maximum absolute atomic E-state index is 5.63. The normalized spacial score (nSPS) is 11.1. The van der Waals surface area contributed by atoms with Crippen molar-refractivity contribution in [1.82, 2.24) is 10.4 Å². The monoisotopic (exact) mass is 251 g/mol. The van der Waals surface area contributed by atoms with Gasteiger partial charge in [-0.05, 0) is 37.2 Å². The molecule has 0 aliphatic carbocycles. The summed E-state index contributed by atoms with van der Waals surface area (Å²) in [6.45, 7) is 9.09. The van der Waals surface area contributed by atoms with Gasteiger partial charge in [0.1, 0.15) is 0 Å². The first-order chi connectivity index (χ1) is 8.76. The van der Waals surface area contributed by atoms with Crippen LogP contribution in [0.15, 0.2) is 24.3 Å². The number of benzene rings is 1. The van der Waals surface area contributed by atoms with Gasteiger partial charge in [0.05, 0.1) is 6.61 Å². The lowest BCUT2D eigenvalue weighted by Gasteiger charge is -2.17. The van der Waals surface area contributed by atoms with Crippen molar-refractivity contribution >= 4 is 5.69 Å². The second-order valence-electron chi connectivity index (χ2n) is 4.26. The van der Waals surface area contributed by atoms with Crippen LogP contribution in [0.1, 0.15) is 19.4 Å². The SMILES string of the molecule is CCN(CC)CCNOCCc1ccc(N)cc1. The van der Waals surface area contributed by atoms with E-state index in [1.807, 2.05) is 24.3 Å². The summed E-state index contributed by atoms with van der Waals surface area (Å²) in [5.74, 6) is 0. The zero-order valence-corrected chi connectivity index (χ0v) is 11.5. The van der Waals surface area contributed by atoms with E-state index >= 15 is 0 Å². The molecule has 4 heteroatoms. The van der Waals surface area contributed by atoms with E-state index in [9.17, 15) is 0 Å². The number of nitrogen functional groups attached to an aromatic ring is 1. The molecule has 102 valence electrons. The Balaban J connectivity index is 2.03. The number of hydrogen-bond acceptors (Lipinski definition) is 4. The van der Waals surface area contributed by atoms with Crippen LogP contribution in [0.25, 0.3) is 0 Å². The highest BCUT2D eigenvalue weighted by Gasteiger charge is 1.98. The average Bonchev–Trinajstić information content (AvgIpc) is 2.40. The zero-order valence-electron chi connectivity index (χ0n) is 11.5. The lowest BCUT2D eigenvalue weighted by atomic mass is 10.1. The Hall–Kier alpha value is -1.10. The Bertz CT molecular complexity index is 309. The van der Waals surface area contributed by atoms with Crippen LogP contribution in [0.4, 0.5) is 5.69 Å². The fraction of sp³-hybridized carbons (Fsp3) is 0.571. The van der Waals surface area contributed by atoms with E-state index in [1.165, 1.54) is 5.56 Å². The van der Waals surface area contributed by atoms with E-state index in [2.05, 4.69) is 24.2 Å². The molecule has 3 N–H and O–H groups in total. The molecule has 0 bridgehead atoms. The lowest BCUT2D eigenvalue weighted by molar-refractivity contribution is 0.0381. The summed E-state index contributed by atoms with van der Waals surface area (Å²) in [7, 11) is 0. The third-order valence-corrected chi connectivity index (χ3v) is 3.00. The van der Waals surface area contributed by atoms with E-state index in [0.717, 1.165) is 38.3 Å². The molecule has 1 aromatic carbocycles. The number of rotatable bonds is 9. The van der Waals surface area contributed by atoms with E-state index in [0.29, 0.717) is 6.61 Å². The van der Waals surface area contributed by atoms with E-state index in [1.54, 1.807) is 0 Å². The zero-order chi connectivity index (χ0) is 13.2. The van der Waals surface area contributed by atoms with Crippen LogP contribution in [-0.4, -0.2) is 37.7 Å². The molecule has 0 fully saturated rings. The largest absolute Gasteiger partial charge is 0.399 e. The lowest BCUT2D eigenvalue weighted by Crippen LogP contribution is -2.32. The summed E-state index contributed by atoms with van der Waals surface area (Å²) in [6.07, 6.45) is 0.901. The summed E-state index contributed by atoms with van der Waals surface area (Å²) in [4.78, 5) is 7.76. The number of hydroxylamine groups is 1. The van der Waals surface area contributed by atoms with Crippen LogP contribution >= 0.6 is 0 Å². The molecule has 0 heterocycles. The van der Waals surface area contributed by atoms with Crippen molar-refractivity contribution in [2.75, 3.05) is 38.5 Å². The van der Waals surface area contributed by atoms with Gasteiger partial charge in [0, 0.05) is 18.8 Å². The molecule has 0 saturated carbocycles. The predicted molar refractivity (Wildman–Crippen MR) is 76.3 cm³/mol. The van der Waals surface area contributed by atoms with Crippen LogP contribution in [0.3, 0.4) is 0 Å². The number of anilines is 1. The Kier molecular flexibility index (Phi) is 7.41. The molecule has 0 spiro atoms. The molecule has 0 aliphatic heterocycles. The van der Waals surface area contributed by atoms with Crippen LogP contribution in [0, 0.1) is 0 Å². The molecule has 0 unspecified atom stereocenters. The number of nitrogens with one attached hydrogen (secondary N) is 1. The maximum Gasteiger partial charge on any atom is 0.0722 e.